The van der Waals surface area contributed by atoms with Crippen LogP contribution < -0.4 is 5.32 Å². The van der Waals surface area contributed by atoms with E-state index >= 15 is 0 Å². The maximum absolute atomic E-state index is 11.4. The number of amides is 1. The van der Waals surface area contributed by atoms with Crippen molar-refractivity contribution in [1.29, 1.82) is 5.26 Å². The number of nitriles is 1. The van der Waals surface area contributed by atoms with Crippen LogP contribution in [0.1, 0.15) is 37.8 Å². The minimum Gasteiger partial charge on any atom is -0.465 e. The lowest BCUT2D eigenvalue weighted by atomic mass is 9.89. The van der Waals surface area contributed by atoms with Crippen LogP contribution in [0.5, 0.6) is 0 Å². The van der Waals surface area contributed by atoms with Crippen LogP contribution in [0.25, 0.3) is 28.1 Å². The standard InChI is InChI=1S/C24H24N10O3/c1-24(37)13-32(23(35)36)5-4-20(24)33-12-19(30-31-33)17-11-26-21(7-18(17)29-16-2-3-16)34-22-15(10-28-34)6-14(8-25)9-27-22/h6-7,9-12,16,20,37H,2-5,13H2,1H3,(H,26,29)(H,35,36). The summed E-state index contributed by atoms with van der Waals surface area (Å²) in [5, 5.41) is 46.8. The van der Waals surface area contributed by atoms with Crippen LogP contribution in [-0.4, -0.2) is 80.7 Å². The average molecular weight is 501 g/mol. The summed E-state index contributed by atoms with van der Waals surface area (Å²) in [7, 11) is 0. The number of hydrogen-bond donors (Lipinski definition) is 3. The van der Waals surface area contributed by atoms with Gasteiger partial charge in [0.1, 0.15) is 17.4 Å². The summed E-state index contributed by atoms with van der Waals surface area (Å²) in [6, 6.07) is 5.65. The predicted octanol–water partition coefficient (Wildman–Crippen LogP) is 2.20. The molecule has 13 heteroatoms. The molecule has 0 aromatic carbocycles. The quantitative estimate of drug-likeness (QED) is 0.369. The van der Waals surface area contributed by atoms with E-state index in [1.54, 1.807) is 40.9 Å². The Morgan fingerprint density at radius 2 is 2.05 bits per heavy atom. The van der Waals surface area contributed by atoms with Gasteiger partial charge in [-0.05, 0) is 32.3 Å². The van der Waals surface area contributed by atoms with E-state index in [9.17, 15) is 15.0 Å². The number of aliphatic hydroxyl groups is 1. The summed E-state index contributed by atoms with van der Waals surface area (Å²) in [5.41, 5.74) is 1.92. The van der Waals surface area contributed by atoms with Crippen LogP contribution in [0.4, 0.5) is 10.5 Å². The lowest BCUT2D eigenvalue weighted by Gasteiger charge is -2.41. The van der Waals surface area contributed by atoms with Crippen molar-refractivity contribution in [2.45, 2.75) is 43.9 Å². The van der Waals surface area contributed by atoms with Crippen molar-refractivity contribution in [2.24, 2.45) is 0 Å². The molecule has 2 aliphatic rings. The maximum atomic E-state index is 11.4. The van der Waals surface area contributed by atoms with Crippen molar-refractivity contribution in [3.05, 3.63) is 42.5 Å². The molecule has 0 spiro atoms. The van der Waals surface area contributed by atoms with Gasteiger partial charge < -0.3 is 20.4 Å². The van der Waals surface area contributed by atoms with Crippen molar-refractivity contribution in [1.82, 2.24) is 39.6 Å². The summed E-state index contributed by atoms with van der Waals surface area (Å²) in [5.74, 6) is 0.565. The highest BCUT2D eigenvalue weighted by molar-refractivity contribution is 5.79. The third-order valence-corrected chi connectivity index (χ3v) is 6.86. The number of nitrogens with zero attached hydrogens (tertiary/aromatic N) is 9. The summed E-state index contributed by atoms with van der Waals surface area (Å²) in [6.07, 6.45) is 8.13. The molecule has 2 unspecified atom stereocenters. The van der Waals surface area contributed by atoms with Gasteiger partial charge in [0, 0.05) is 47.7 Å². The molecule has 0 radical (unpaired) electrons. The Kier molecular flexibility index (Phi) is 5.27. The van der Waals surface area contributed by atoms with Crippen LogP contribution in [0.15, 0.2) is 36.9 Å². The number of aromatic nitrogens is 7. The number of nitrogens with one attached hydrogen (secondary N) is 1. The van der Waals surface area contributed by atoms with Gasteiger partial charge in [-0.1, -0.05) is 5.21 Å². The predicted molar refractivity (Wildman–Crippen MR) is 131 cm³/mol. The molecule has 6 rings (SSSR count). The molecule has 4 aromatic rings. The molecule has 13 nitrogen and oxygen atoms in total. The molecular weight excluding hydrogens is 476 g/mol. The summed E-state index contributed by atoms with van der Waals surface area (Å²) >= 11 is 0. The molecular formula is C24H24N10O3. The van der Waals surface area contributed by atoms with Gasteiger partial charge in [-0.2, -0.15) is 15.0 Å². The Morgan fingerprint density at radius 1 is 1.22 bits per heavy atom. The van der Waals surface area contributed by atoms with Crippen LogP contribution in [0.2, 0.25) is 0 Å². The number of anilines is 1. The van der Waals surface area contributed by atoms with Crippen LogP contribution >= 0.6 is 0 Å². The van der Waals surface area contributed by atoms with Crippen LogP contribution in [0.3, 0.4) is 0 Å². The molecule has 2 fully saturated rings. The van der Waals surface area contributed by atoms with Crippen molar-refractivity contribution >= 4 is 22.8 Å². The number of carbonyl (C=O) groups is 1. The largest absolute Gasteiger partial charge is 0.465 e. The second kappa shape index (κ2) is 8.52. The normalized spacial score (nSPS) is 21.6. The minimum absolute atomic E-state index is 0.00530. The van der Waals surface area contributed by atoms with Crippen LogP contribution in [0, 0.1) is 11.3 Å². The van der Waals surface area contributed by atoms with Gasteiger partial charge >= 0.3 is 6.09 Å². The van der Waals surface area contributed by atoms with Gasteiger partial charge in [0.25, 0.3) is 0 Å². The molecule has 1 aliphatic carbocycles. The second-order valence-corrected chi connectivity index (χ2v) is 9.76. The van der Waals surface area contributed by atoms with E-state index in [1.807, 2.05) is 6.07 Å². The average Bonchev–Trinajstić information content (AvgIpc) is 3.39. The molecule has 4 aromatic heterocycles. The molecule has 1 amide bonds. The van der Waals surface area contributed by atoms with E-state index in [2.05, 4.69) is 36.8 Å². The highest BCUT2D eigenvalue weighted by atomic mass is 16.4. The van der Waals surface area contributed by atoms with E-state index in [-0.39, 0.29) is 6.54 Å². The number of carboxylic acid groups (broad SMARTS) is 1. The fraction of sp³-hybridized carbons (Fsp3) is 0.375. The first-order valence-electron chi connectivity index (χ1n) is 12.0. The lowest BCUT2D eigenvalue weighted by Crippen LogP contribution is -2.54. The van der Waals surface area contributed by atoms with E-state index in [0.717, 1.165) is 29.5 Å². The highest BCUT2D eigenvalue weighted by Crippen LogP contribution is 2.35. The number of rotatable bonds is 5. The van der Waals surface area contributed by atoms with E-state index in [4.69, 9.17) is 5.26 Å². The number of pyridine rings is 2. The second-order valence-electron chi connectivity index (χ2n) is 9.76. The van der Waals surface area contributed by atoms with Gasteiger partial charge in [0.15, 0.2) is 11.5 Å². The number of likely N-dealkylation sites (tertiary alicyclic amines) is 1. The molecule has 1 saturated heterocycles. The van der Waals surface area contributed by atoms with E-state index < -0.39 is 17.7 Å². The number of piperidine rings is 1. The first-order valence-corrected chi connectivity index (χ1v) is 12.0. The van der Waals surface area contributed by atoms with Crippen molar-refractivity contribution in [3.63, 3.8) is 0 Å². The van der Waals surface area contributed by atoms with Crippen LogP contribution in [-0.2, 0) is 0 Å². The molecule has 3 N–H and O–H groups in total. The van der Waals surface area contributed by atoms with Crippen molar-refractivity contribution in [2.75, 3.05) is 18.4 Å². The monoisotopic (exact) mass is 500 g/mol. The van der Waals surface area contributed by atoms with Gasteiger partial charge in [0.2, 0.25) is 0 Å². The van der Waals surface area contributed by atoms with Crippen molar-refractivity contribution < 1.29 is 15.0 Å². The highest BCUT2D eigenvalue weighted by Gasteiger charge is 2.41. The molecule has 0 bridgehead atoms. The molecule has 1 saturated carbocycles. The van der Waals surface area contributed by atoms with E-state index in [1.165, 1.54) is 11.1 Å². The smallest absolute Gasteiger partial charge is 0.407 e. The Balaban J connectivity index is 1.33. The molecule has 2 atom stereocenters. The Labute approximate surface area is 211 Å². The maximum Gasteiger partial charge on any atom is 0.407 e. The summed E-state index contributed by atoms with van der Waals surface area (Å²) < 4.78 is 3.24. The molecule has 188 valence electrons. The zero-order valence-electron chi connectivity index (χ0n) is 20.0. The summed E-state index contributed by atoms with van der Waals surface area (Å²) in [4.78, 5) is 21.6. The zero-order chi connectivity index (χ0) is 25.7. The lowest BCUT2D eigenvalue weighted by molar-refractivity contribution is -0.0543. The third-order valence-electron chi connectivity index (χ3n) is 6.86. The topological polar surface area (TPSA) is 171 Å². The first kappa shape index (κ1) is 22.9. The first-order chi connectivity index (χ1) is 17.8. The van der Waals surface area contributed by atoms with Gasteiger partial charge in [-0.25, -0.2) is 19.4 Å². The molecule has 1 aliphatic heterocycles. The number of fused-ring (bicyclic) bond motifs is 1. The number of β-amino-alcohol motifs (C(OH)–C–C–N with tert-alkyl or cyclic N) is 1. The fourth-order valence-electron chi connectivity index (χ4n) is 4.77. The Hall–Kier alpha value is -4.57. The van der Waals surface area contributed by atoms with E-state index in [0.29, 0.717) is 41.7 Å². The third kappa shape index (κ3) is 4.21. The molecule has 5 heterocycles. The minimum atomic E-state index is -1.29. The van der Waals surface area contributed by atoms with Gasteiger partial charge in [0.05, 0.1) is 30.5 Å². The number of hydrogen-bond acceptors (Lipinski definition) is 9. The van der Waals surface area contributed by atoms with Crippen molar-refractivity contribution in [3.8, 4) is 23.1 Å². The molecule has 37 heavy (non-hydrogen) atoms. The van der Waals surface area contributed by atoms with Gasteiger partial charge in [-0.3, -0.25) is 0 Å². The fourth-order valence-corrected chi connectivity index (χ4v) is 4.77. The SMILES string of the molecule is CC1(O)CN(C(=O)O)CCC1n1cc(-c2cnc(-n3ncc4cc(C#N)cnc43)cc2NC2CC2)nn1. The Morgan fingerprint density at radius 3 is 2.78 bits per heavy atom. The summed E-state index contributed by atoms with van der Waals surface area (Å²) in [6.45, 7) is 1.92. The van der Waals surface area contributed by atoms with Gasteiger partial charge in [-0.15, -0.1) is 5.10 Å². The zero-order valence-corrected chi connectivity index (χ0v) is 20.0. The Bertz CT molecular complexity index is 1550.